The predicted octanol–water partition coefficient (Wildman–Crippen LogP) is 3.89. The van der Waals surface area contributed by atoms with E-state index in [0.29, 0.717) is 38.2 Å². The molecule has 3 rings (SSSR count). The number of carbonyl (C=O) groups excluding carboxylic acids is 2. The summed E-state index contributed by atoms with van der Waals surface area (Å²) in [5.41, 5.74) is 1.47. The van der Waals surface area contributed by atoms with Crippen molar-refractivity contribution >= 4 is 28.8 Å². The van der Waals surface area contributed by atoms with Gasteiger partial charge in [-0.05, 0) is 44.0 Å². The van der Waals surface area contributed by atoms with Crippen LogP contribution >= 0.6 is 0 Å². The number of anilines is 1. The quantitative estimate of drug-likeness (QED) is 0.440. The maximum atomic E-state index is 13.7. The minimum absolute atomic E-state index is 0.147. The fraction of sp³-hybridized carbons (Fsp3) is 0.348. The fourth-order valence-electron chi connectivity index (χ4n) is 3.27. The van der Waals surface area contributed by atoms with Crippen molar-refractivity contribution in [3.8, 4) is 0 Å². The molecule has 2 N–H and O–H groups in total. The summed E-state index contributed by atoms with van der Waals surface area (Å²) in [6.45, 7) is 4.03. The Hall–Kier alpha value is -3.33. The summed E-state index contributed by atoms with van der Waals surface area (Å²) in [7, 11) is 0. The van der Waals surface area contributed by atoms with Crippen molar-refractivity contribution < 1.29 is 23.1 Å². The molecule has 32 heavy (non-hydrogen) atoms. The maximum Gasteiger partial charge on any atom is 0.254 e. The van der Waals surface area contributed by atoms with Gasteiger partial charge in [0.05, 0.1) is 16.6 Å². The molecular weight excluding hydrogens is 418 g/mol. The maximum absolute atomic E-state index is 13.7. The lowest BCUT2D eigenvalue weighted by molar-refractivity contribution is -0.116. The highest BCUT2D eigenvalue weighted by Gasteiger charge is 2.14. The van der Waals surface area contributed by atoms with Crippen molar-refractivity contribution in [3.63, 3.8) is 0 Å². The van der Waals surface area contributed by atoms with E-state index in [-0.39, 0.29) is 24.4 Å². The van der Waals surface area contributed by atoms with Gasteiger partial charge < -0.3 is 14.6 Å². The second-order valence-electron chi connectivity index (χ2n) is 7.16. The van der Waals surface area contributed by atoms with Gasteiger partial charge in [-0.15, -0.1) is 0 Å². The highest BCUT2D eigenvalue weighted by atomic mass is 19.1. The third-order valence-electron chi connectivity index (χ3n) is 4.82. The molecule has 1 heterocycles. The SMILES string of the molecule is CCOCCCn1c(NC(=O)CCCNC(=O)c2ccc(F)cc2F)nc2ccccc21. The topological polar surface area (TPSA) is 85.2 Å². The van der Waals surface area contributed by atoms with Crippen molar-refractivity contribution in [3.05, 3.63) is 59.7 Å². The van der Waals surface area contributed by atoms with Crippen LogP contribution in [0.3, 0.4) is 0 Å². The Morgan fingerprint density at radius 3 is 2.72 bits per heavy atom. The van der Waals surface area contributed by atoms with Crippen molar-refractivity contribution in [2.45, 2.75) is 32.7 Å². The number of aromatic nitrogens is 2. The average Bonchev–Trinajstić information content (AvgIpc) is 3.11. The second-order valence-corrected chi connectivity index (χ2v) is 7.16. The Morgan fingerprint density at radius 1 is 1.12 bits per heavy atom. The van der Waals surface area contributed by atoms with Crippen LogP contribution in [0.25, 0.3) is 11.0 Å². The van der Waals surface area contributed by atoms with Gasteiger partial charge in [-0.1, -0.05) is 12.1 Å². The van der Waals surface area contributed by atoms with E-state index in [0.717, 1.165) is 29.6 Å². The Labute approximate surface area is 184 Å². The normalized spacial score (nSPS) is 11.0. The number of imidazole rings is 1. The highest BCUT2D eigenvalue weighted by molar-refractivity contribution is 5.94. The smallest absolute Gasteiger partial charge is 0.254 e. The van der Waals surface area contributed by atoms with Gasteiger partial charge in [0, 0.05) is 38.8 Å². The summed E-state index contributed by atoms with van der Waals surface area (Å²) in [5.74, 6) is -2.11. The average molecular weight is 444 g/mol. The van der Waals surface area contributed by atoms with Crippen LogP contribution < -0.4 is 10.6 Å². The first-order valence-electron chi connectivity index (χ1n) is 10.6. The molecule has 9 heteroatoms. The number of fused-ring (bicyclic) bond motifs is 1. The van der Waals surface area contributed by atoms with Gasteiger partial charge in [0.15, 0.2) is 0 Å². The number of rotatable bonds is 11. The number of carbonyl (C=O) groups is 2. The van der Waals surface area contributed by atoms with Crippen LogP contribution in [0.15, 0.2) is 42.5 Å². The summed E-state index contributed by atoms with van der Waals surface area (Å²) < 4.78 is 34.0. The van der Waals surface area contributed by atoms with Crippen LogP contribution in [0.5, 0.6) is 0 Å². The summed E-state index contributed by atoms with van der Waals surface area (Å²) in [4.78, 5) is 28.9. The zero-order valence-electron chi connectivity index (χ0n) is 17.9. The fourth-order valence-corrected chi connectivity index (χ4v) is 3.27. The molecule has 0 spiro atoms. The van der Waals surface area contributed by atoms with Gasteiger partial charge in [0.1, 0.15) is 11.6 Å². The van der Waals surface area contributed by atoms with Crippen LogP contribution in [-0.4, -0.2) is 41.1 Å². The lowest BCUT2D eigenvalue weighted by Gasteiger charge is -2.10. The Morgan fingerprint density at radius 2 is 1.94 bits per heavy atom. The molecule has 0 aliphatic rings. The minimum atomic E-state index is -0.927. The van der Waals surface area contributed by atoms with E-state index in [4.69, 9.17) is 4.74 Å². The molecule has 0 bridgehead atoms. The molecule has 0 saturated carbocycles. The van der Waals surface area contributed by atoms with E-state index in [1.807, 2.05) is 35.8 Å². The van der Waals surface area contributed by atoms with Gasteiger partial charge in [0.25, 0.3) is 5.91 Å². The predicted molar refractivity (Wildman–Crippen MR) is 117 cm³/mol. The molecule has 0 radical (unpaired) electrons. The Bertz CT molecular complexity index is 1080. The van der Waals surface area contributed by atoms with Crippen LogP contribution in [0.2, 0.25) is 0 Å². The number of halogens is 2. The van der Waals surface area contributed by atoms with Crippen LogP contribution in [0, 0.1) is 11.6 Å². The first-order valence-corrected chi connectivity index (χ1v) is 10.6. The van der Waals surface area contributed by atoms with E-state index in [1.54, 1.807) is 0 Å². The van der Waals surface area contributed by atoms with Gasteiger partial charge in [0.2, 0.25) is 11.9 Å². The number of benzene rings is 2. The lowest BCUT2D eigenvalue weighted by Crippen LogP contribution is -2.26. The third-order valence-corrected chi connectivity index (χ3v) is 4.82. The van der Waals surface area contributed by atoms with E-state index >= 15 is 0 Å². The number of ether oxygens (including phenoxy) is 1. The Kier molecular flexibility index (Phi) is 8.27. The molecule has 2 amide bonds. The zero-order chi connectivity index (χ0) is 22.9. The first kappa shape index (κ1) is 23.3. The Balaban J connectivity index is 1.52. The molecule has 0 aliphatic carbocycles. The molecule has 3 aromatic rings. The lowest BCUT2D eigenvalue weighted by atomic mass is 10.2. The number of hydrogen-bond donors (Lipinski definition) is 2. The van der Waals surface area contributed by atoms with Crippen molar-refractivity contribution in [1.29, 1.82) is 0 Å². The van der Waals surface area contributed by atoms with Gasteiger partial charge in [-0.2, -0.15) is 0 Å². The van der Waals surface area contributed by atoms with Crippen molar-refractivity contribution in [1.82, 2.24) is 14.9 Å². The molecule has 0 saturated heterocycles. The largest absolute Gasteiger partial charge is 0.382 e. The number of nitrogens with one attached hydrogen (secondary N) is 2. The van der Waals surface area contributed by atoms with Crippen LogP contribution in [0.4, 0.5) is 14.7 Å². The van der Waals surface area contributed by atoms with E-state index in [1.165, 1.54) is 0 Å². The molecule has 0 atom stereocenters. The molecule has 0 fully saturated rings. The molecule has 0 unspecified atom stereocenters. The van der Waals surface area contributed by atoms with Crippen molar-refractivity contribution in [2.75, 3.05) is 25.1 Å². The molecule has 2 aromatic carbocycles. The molecular formula is C23H26F2N4O3. The third kappa shape index (κ3) is 6.10. The number of aryl methyl sites for hydroxylation is 1. The van der Waals surface area contributed by atoms with Crippen molar-refractivity contribution in [2.24, 2.45) is 0 Å². The molecule has 170 valence electrons. The summed E-state index contributed by atoms with van der Waals surface area (Å²) in [5, 5.41) is 5.37. The zero-order valence-corrected chi connectivity index (χ0v) is 17.9. The van der Waals surface area contributed by atoms with Gasteiger partial charge >= 0.3 is 0 Å². The van der Waals surface area contributed by atoms with E-state index in [2.05, 4.69) is 15.6 Å². The summed E-state index contributed by atoms with van der Waals surface area (Å²) in [6.07, 6.45) is 1.28. The number of nitrogens with zero attached hydrogens (tertiary/aromatic N) is 2. The number of para-hydroxylation sites is 2. The second kappa shape index (κ2) is 11.3. The monoisotopic (exact) mass is 444 g/mol. The molecule has 1 aromatic heterocycles. The van der Waals surface area contributed by atoms with E-state index in [9.17, 15) is 18.4 Å². The standard InChI is InChI=1S/C23H26F2N4O3/c1-2-32-14-6-13-29-20-8-4-3-7-19(20)27-23(29)28-21(30)9-5-12-26-22(31)17-11-10-16(24)15-18(17)25/h3-4,7-8,10-11,15H,2,5-6,9,12-14H2,1H3,(H,26,31)(H,27,28,30). The number of hydrogen-bond acceptors (Lipinski definition) is 4. The summed E-state index contributed by atoms with van der Waals surface area (Å²) in [6, 6.07) is 10.4. The first-order chi connectivity index (χ1) is 15.5. The van der Waals surface area contributed by atoms with Crippen LogP contribution in [0.1, 0.15) is 36.5 Å². The number of amides is 2. The summed E-state index contributed by atoms with van der Waals surface area (Å²) >= 11 is 0. The van der Waals surface area contributed by atoms with E-state index < -0.39 is 17.5 Å². The molecule has 7 nitrogen and oxygen atoms in total. The molecule has 0 aliphatic heterocycles. The van der Waals surface area contributed by atoms with Gasteiger partial charge in [-0.3, -0.25) is 14.9 Å². The highest BCUT2D eigenvalue weighted by Crippen LogP contribution is 2.20. The van der Waals surface area contributed by atoms with Gasteiger partial charge in [-0.25, -0.2) is 13.8 Å². The minimum Gasteiger partial charge on any atom is -0.382 e. The van der Waals surface area contributed by atoms with Crippen LogP contribution in [-0.2, 0) is 16.1 Å².